The summed E-state index contributed by atoms with van der Waals surface area (Å²) in [6.45, 7) is 8.39. The Bertz CT molecular complexity index is 1020. The van der Waals surface area contributed by atoms with Gasteiger partial charge in [0.25, 0.3) is 0 Å². The molecule has 0 saturated carbocycles. The van der Waals surface area contributed by atoms with Crippen LogP contribution >= 0.6 is 0 Å². The summed E-state index contributed by atoms with van der Waals surface area (Å²) in [4.78, 5) is 0. The van der Waals surface area contributed by atoms with Gasteiger partial charge in [0.15, 0.2) is 0 Å². The summed E-state index contributed by atoms with van der Waals surface area (Å²) < 4.78 is 0. The van der Waals surface area contributed by atoms with Crippen molar-refractivity contribution in [1.29, 1.82) is 0 Å². The summed E-state index contributed by atoms with van der Waals surface area (Å²) in [5, 5.41) is 0. The van der Waals surface area contributed by atoms with E-state index in [0.29, 0.717) is 0 Å². The van der Waals surface area contributed by atoms with Gasteiger partial charge in [-0.2, -0.15) is 0 Å². The van der Waals surface area contributed by atoms with Crippen LogP contribution in [0.3, 0.4) is 0 Å². The molecule has 0 aliphatic carbocycles. The second-order valence-corrected chi connectivity index (χ2v) is 8.20. The number of rotatable bonds is 1. The maximum Gasteiger partial charge on any atom is -0.0184 e. The van der Waals surface area contributed by atoms with Crippen LogP contribution in [-0.4, -0.2) is 0 Å². The molecule has 0 N–H and O–H groups in total. The quantitative estimate of drug-likeness (QED) is 0.241. The van der Waals surface area contributed by atoms with Crippen molar-refractivity contribution in [2.24, 2.45) is 0 Å². The third-order valence-electron chi connectivity index (χ3n) is 4.98. The SMILES string of the molecule is Cc1ccc(-c2ccc(C)cc2)cc1.Cc1ccccc1.Cc1ccccc1.c1ccccc1. The number of hydrogen-bond donors (Lipinski definition) is 0. The Balaban J connectivity index is 0.000000173. The second-order valence-electron chi connectivity index (χ2n) is 8.20. The first-order valence-corrected chi connectivity index (χ1v) is 11.7. The molecule has 0 radical (unpaired) electrons. The smallest absolute Gasteiger partial charge is 0.0184 e. The van der Waals surface area contributed by atoms with Crippen LogP contribution in [0.15, 0.2) is 146 Å². The Morgan fingerprint density at radius 2 is 0.441 bits per heavy atom. The molecule has 172 valence electrons. The molecule has 0 bridgehead atoms. The first kappa shape index (κ1) is 26.4. The Labute approximate surface area is 206 Å². The van der Waals surface area contributed by atoms with Gasteiger partial charge in [0.05, 0.1) is 0 Å². The molecule has 0 aliphatic heterocycles. The summed E-state index contributed by atoms with van der Waals surface area (Å²) in [6, 6.07) is 49.8. The van der Waals surface area contributed by atoms with E-state index in [1.165, 1.54) is 33.4 Å². The van der Waals surface area contributed by atoms with Gasteiger partial charge in [-0.3, -0.25) is 0 Å². The highest BCUT2D eigenvalue weighted by atomic mass is 14.0. The van der Waals surface area contributed by atoms with Crippen LogP contribution in [0.2, 0.25) is 0 Å². The van der Waals surface area contributed by atoms with Crippen molar-refractivity contribution in [3.8, 4) is 11.1 Å². The van der Waals surface area contributed by atoms with E-state index in [1.54, 1.807) is 0 Å². The van der Waals surface area contributed by atoms with E-state index in [1.807, 2.05) is 72.8 Å². The molecule has 0 amide bonds. The summed E-state index contributed by atoms with van der Waals surface area (Å²) >= 11 is 0. The molecular weight excluding hydrogens is 408 g/mol. The fraction of sp³-hybridized carbons (Fsp3) is 0.118. The van der Waals surface area contributed by atoms with Gasteiger partial charge < -0.3 is 0 Å². The molecule has 0 aromatic heterocycles. The lowest BCUT2D eigenvalue weighted by Gasteiger charge is -2.02. The lowest BCUT2D eigenvalue weighted by Crippen LogP contribution is -1.78. The number of hydrogen-bond acceptors (Lipinski definition) is 0. The third kappa shape index (κ3) is 11.6. The largest absolute Gasteiger partial charge is 0.0623 e. The molecule has 0 heterocycles. The molecule has 5 rings (SSSR count). The number of benzene rings is 5. The van der Waals surface area contributed by atoms with Gasteiger partial charge in [0.2, 0.25) is 0 Å². The summed E-state index contributed by atoms with van der Waals surface area (Å²) in [6.07, 6.45) is 0. The normalized spacial score (nSPS) is 9.18. The highest BCUT2D eigenvalue weighted by Gasteiger charge is 1.95. The molecule has 5 aromatic carbocycles. The molecule has 0 heteroatoms. The zero-order valence-electron chi connectivity index (χ0n) is 20.9. The van der Waals surface area contributed by atoms with Gasteiger partial charge >= 0.3 is 0 Å². The summed E-state index contributed by atoms with van der Waals surface area (Å²) in [5.74, 6) is 0. The Morgan fingerprint density at radius 1 is 0.235 bits per heavy atom. The zero-order valence-corrected chi connectivity index (χ0v) is 20.9. The van der Waals surface area contributed by atoms with E-state index in [-0.39, 0.29) is 0 Å². The van der Waals surface area contributed by atoms with E-state index in [4.69, 9.17) is 0 Å². The van der Waals surface area contributed by atoms with Crippen molar-refractivity contribution in [2.45, 2.75) is 27.7 Å². The maximum absolute atomic E-state index is 2.17. The molecule has 0 nitrogen and oxygen atoms in total. The van der Waals surface area contributed by atoms with Crippen molar-refractivity contribution in [3.05, 3.63) is 168 Å². The van der Waals surface area contributed by atoms with Crippen LogP contribution in [0, 0.1) is 27.7 Å². The van der Waals surface area contributed by atoms with Crippen molar-refractivity contribution < 1.29 is 0 Å². The molecule has 5 aromatic rings. The zero-order chi connectivity index (χ0) is 24.4. The van der Waals surface area contributed by atoms with Gasteiger partial charge in [-0.25, -0.2) is 0 Å². The predicted molar refractivity (Wildman–Crippen MR) is 150 cm³/mol. The van der Waals surface area contributed by atoms with Crippen molar-refractivity contribution in [1.82, 2.24) is 0 Å². The predicted octanol–water partition coefficient (Wildman–Crippen LogP) is 9.65. The average molecular weight is 445 g/mol. The highest BCUT2D eigenvalue weighted by Crippen LogP contribution is 2.19. The highest BCUT2D eigenvalue weighted by molar-refractivity contribution is 5.63. The monoisotopic (exact) mass is 444 g/mol. The molecule has 0 unspecified atom stereocenters. The Hall–Kier alpha value is -3.90. The van der Waals surface area contributed by atoms with Gasteiger partial charge in [-0.15, -0.1) is 0 Å². The summed E-state index contributed by atoms with van der Waals surface area (Å²) in [7, 11) is 0. The van der Waals surface area contributed by atoms with Crippen LogP contribution in [-0.2, 0) is 0 Å². The Kier molecular flexibility index (Phi) is 12.3. The van der Waals surface area contributed by atoms with E-state index in [0.717, 1.165) is 0 Å². The van der Waals surface area contributed by atoms with Crippen LogP contribution in [0.4, 0.5) is 0 Å². The standard InChI is InChI=1S/C14H14.2C7H8.C6H6/c1-11-3-7-13(8-4-11)14-9-5-12(2)6-10-14;2*1-7-5-3-2-4-6-7;1-2-4-6-5-3-1/h3-10H,1-2H3;2*2-6H,1H3;1-6H. The number of aryl methyl sites for hydroxylation is 4. The minimum absolute atomic E-state index is 1.29. The fourth-order valence-electron chi connectivity index (χ4n) is 2.95. The molecule has 34 heavy (non-hydrogen) atoms. The lowest BCUT2D eigenvalue weighted by molar-refractivity contribution is 1.45. The topological polar surface area (TPSA) is 0 Å². The van der Waals surface area contributed by atoms with Gasteiger partial charge in [0.1, 0.15) is 0 Å². The minimum atomic E-state index is 1.29. The van der Waals surface area contributed by atoms with Crippen LogP contribution in [0.5, 0.6) is 0 Å². The van der Waals surface area contributed by atoms with Gasteiger partial charge in [-0.1, -0.05) is 168 Å². The van der Waals surface area contributed by atoms with Crippen molar-refractivity contribution in [2.75, 3.05) is 0 Å². The molecule has 0 fully saturated rings. The third-order valence-corrected chi connectivity index (χ3v) is 4.98. The first-order valence-electron chi connectivity index (χ1n) is 11.7. The van der Waals surface area contributed by atoms with Crippen LogP contribution in [0.25, 0.3) is 11.1 Å². The lowest BCUT2D eigenvalue weighted by atomic mass is 10.0. The average Bonchev–Trinajstić information content (AvgIpc) is 2.88. The Morgan fingerprint density at radius 3 is 0.647 bits per heavy atom. The maximum atomic E-state index is 2.17. The second kappa shape index (κ2) is 15.8. The molecule has 0 spiro atoms. The van der Waals surface area contributed by atoms with Crippen LogP contribution in [0.1, 0.15) is 22.3 Å². The fourth-order valence-corrected chi connectivity index (χ4v) is 2.95. The van der Waals surface area contributed by atoms with Gasteiger partial charge in [-0.05, 0) is 38.8 Å². The molecular formula is C34H36. The van der Waals surface area contributed by atoms with E-state index < -0.39 is 0 Å². The van der Waals surface area contributed by atoms with Gasteiger partial charge in [0, 0.05) is 0 Å². The van der Waals surface area contributed by atoms with E-state index >= 15 is 0 Å². The molecule has 0 atom stereocenters. The van der Waals surface area contributed by atoms with Crippen molar-refractivity contribution >= 4 is 0 Å². The molecule has 0 saturated heterocycles. The first-order chi connectivity index (χ1) is 16.5. The molecule has 0 aliphatic rings. The van der Waals surface area contributed by atoms with Crippen LogP contribution < -0.4 is 0 Å². The van der Waals surface area contributed by atoms with Crippen molar-refractivity contribution in [3.63, 3.8) is 0 Å². The van der Waals surface area contributed by atoms with E-state index in [2.05, 4.69) is 100 Å². The summed E-state index contributed by atoms with van der Waals surface area (Å²) in [5.41, 5.74) is 7.83. The minimum Gasteiger partial charge on any atom is -0.0623 e. The van der Waals surface area contributed by atoms with E-state index in [9.17, 15) is 0 Å².